The van der Waals surface area contributed by atoms with Crippen LogP contribution in [0.5, 0.6) is 0 Å². The number of H-pyrrole nitrogens is 1. The van der Waals surface area contributed by atoms with Crippen LogP contribution >= 0.6 is 23.1 Å². The minimum Gasteiger partial charge on any atom is -0.748 e. The second-order valence-corrected chi connectivity index (χ2v) is 12.6. The van der Waals surface area contributed by atoms with Gasteiger partial charge in [0, 0.05) is 36.0 Å². The van der Waals surface area contributed by atoms with Crippen molar-refractivity contribution < 1.29 is 67.4 Å². The maximum Gasteiger partial charge on any atom is 1.00 e. The molecule has 4 aromatic rings. The smallest absolute Gasteiger partial charge is 0.748 e. The first kappa shape index (κ1) is 34.7. The number of nitrogens with one attached hydrogen (secondary N) is 2. The minimum atomic E-state index is -4.35. The molecule has 43 heavy (non-hydrogen) atoms. The number of rotatable bonds is 15. The van der Waals surface area contributed by atoms with E-state index in [2.05, 4.69) is 45.8 Å². The molecular formula is C22H24N9NaO8S3. The van der Waals surface area contributed by atoms with Crippen molar-refractivity contribution in [3.63, 3.8) is 0 Å². The van der Waals surface area contributed by atoms with Crippen molar-refractivity contribution in [3.8, 4) is 11.3 Å². The van der Waals surface area contributed by atoms with E-state index in [4.69, 9.17) is 10.4 Å². The van der Waals surface area contributed by atoms with Crippen LogP contribution in [0, 0.1) is 0 Å². The second-order valence-electron chi connectivity index (χ2n) is 8.73. The number of amides is 1. The molecule has 0 aliphatic heterocycles. The summed E-state index contributed by atoms with van der Waals surface area (Å²) in [5.74, 6) is -1.96. The molecule has 1 amide bonds. The number of carboxylic acids is 1. The van der Waals surface area contributed by atoms with Gasteiger partial charge in [0.2, 0.25) is 11.6 Å². The Balaban J connectivity index is 0.00000506. The van der Waals surface area contributed by atoms with E-state index in [1.54, 1.807) is 31.2 Å². The molecule has 0 saturated carbocycles. The molecule has 0 saturated heterocycles. The second kappa shape index (κ2) is 15.8. The molecule has 3 aromatic heterocycles. The number of carboxylic acid groups (broad SMARTS) is 1. The van der Waals surface area contributed by atoms with Gasteiger partial charge in [0.05, 0.1) is 22.2 Å². The molecule has 0 bridgehead atoms. The van der Waals surface area contributed by atoms with Gasteiger partial charge in [-0.15, -0.1) is 25.5 Å². The van der Waals surface area contributed by atoms with Gasteiger partial charge in [0.1, 0.15) is 6.61 Å². The van der Waals surface area contributed by atoms with Crippen LogP contribution in [0.3, 0.4) is 0 Å². The van der Waals surface area contributed by atoms with Crippen LogP contribution in [0.25, 0.3) is 16.9 Å². The summed E-state index contributed by atoms with van der Waals surface area (Å²) in [6.45, 7) is 1.85. The van der Waals surface area contributed by atoms with Gasteiger partial charge >= 0.3 is 35.5 Å². The van der Waals surface area contributed by atoms with E-state index < -0.39 is 27.7 Å². The summed E-state index contributed by atoms with van der Waals surface area (Å²) in [5, 5.41) is 44.6. The average Bonchev–Trinajstić information content (AvgIpc) is 3.64. The molecule has 4 N–H and O–H groups in total. The van der Waals surface area contributed by atoms with Crippen LogP contribution in [0.1, 0.15) is 37.1 Å². The molecule has 1 aromatic carbocycles. The molecule has 0 spiro atoms. The van der Waals surface area contributed by atoms with Gasteiger partial charge in [-0.1, -0.05) is 54.3 Å². The summed E-state index contributed by atoms with van der Waals surface area (Å²) in [5.41, 5.74) is 2.29. The summed E-state index contributed by atoms with van der Waals surface area (Å²) < 4.78 is 34.3. The monoisotopic (exact) mass is 661 g/mol. The van der Waals surface area contributed by atoms with Crippen molar-refractivity contribution in [1.82, 2.24) is 35.3 Å². The normalized spacial score (nSPS) is 12.4. The number of aliphatic carboxylic acids is 1. The molecule has 0 radical (unpaired) electrons. The number of aromatic amines is 1. The minimum absolute atomic E-state index is 0. The fourth-order valence-electron chi connectivity index (χ4n) is 3.57. The molecule has 21 heteroatoms. The van der Waals surface area contributed by atoms with E-state index in [0.29, 0.717) is 32.6 Å². The summed E-state index contributed by atoms with van der Waals surface area (Å²) in [4.78, 5) is 31.6. The Kier molecular flexibility index (Phi) is 12.7. The number of benzene rings is 1. The van der Waals surface area contributed by atoms with Gasteiger partial charge < -0.3 is 15.0 Å². The Labute approximate surface area is 274 Å². The van der Waals surface area contributed by atoms with Gasteiger partial charge in [-0.05, 0) is 5.56 Å². The molecule has 0 aliphatic rings. The number of carbonyl (C=O) groups is 2. The number of nitrogens with zero attached hydrogens (tertiary/aromatic N) is 7. The summed E-state index contributed by atoms with van der Waals surface area (Å²) in [6.07, 6.45) is -0.420. The van der Waals surface area contributed by atoms with Crippen molar-refractivity contribution in [2.75, 3.05) is 18.1 Å². The van der Waals surface area contributed by atoms with Crippen LogP contribution in [-0.2, 0) is 31.2 Å². The zero-order valence-corrected chi connectivity index (χ0v) is 27.3. The molecule has 4 rings (SSSR count). The van der Waals surface area contributed by atoms with Crippen LogP contribution in [-0.4, -0.2) is 83.3 Å². The van der Waals surface area contributed by atoms with E-state index in [1.807, 2.05) is 0 Å². The first-order chi connectivity index (χ1) is 20.0. The number of carbonyl (C=O) groups excluding carboxylic acids is 1. The fraction of sp³-hybridized carbons (Fsp3) is 0.364. The maximum atomic E-state index is 11.9. The van der Waals surface area contributed by atoms with Crippen LogP contribution in [0.2, 0.25) is 0 Å². The van der Waals surface area contributed by atoms with Gasteiger partial charge in [-0.3, -0.25) is 19.9 Å². The fourth-order valence-corrected chi connectivity index (χ4v) is 6.11. The Morgan fingerprint density at radius 3 is 2.74 bits per heavy atom. The summed E-state index contributed by atoms with van der Waals surface area (Å²) in [6, 6.07) is 7.08. The average molecular weight is 662 g/mol. The SMILES string of the molecule is CC(CNC(=O)CCC(=O)O)c1nc2c(N=Nc3nnc(SCCS(=O)(=O)[O-])s3)c(-c3ccccc3COO)[nH]n2n1.[Na+]. The third kappa shape index (κ3) is 9.84. The Morgan fingerprint density at radius 1 is 1.26 bits per heavy atom. The molecule has 0 aliphatic carbocycles. The molecular weight excluding hydrogens is 637 g/mol. The van der Waals surface area contributed by atoms with Crippen LogP contribution in [0.15, 0.2) is 38.8 Å². The van der Waals surface area contributed by atoms with E-state index >= 15 is 0 Å². The van der Waals surface area contributed by atoms with E-state index in [0.717, 1.165) is 23.1 Å². The predicted molar refractivity (Wildman–Crippen MR) is 148 cm³/mol. The first-order valence-corrected chi connectivity index (χ1v) is 15.6. The molecule has 3 heterocycles. The largest absolute Gasteiger partial charge is 1.00 e. The standard InChI is InChI=1S/C22H25N9O8S3.Na/c1-12(10-23-15(32)6-7-16(33)34)19-24-20-18(25-26-21-27-28-22(41-21)40-8-9-42(36,37)38)17(29-31(20)30-19)14-5-3-2-4-13(14)11-39-35;/h2-5,12,29,35H,6-11H2,1H3,(H,23,32)(H,33,34)(H,36,37,38);/q;+1/p-1. The quantitative estimate of drug-likeness (QED) is 0.0320. The number of hydrogen-bond acceptors (Lipinski definition) is 15. The number of fused-ring (bicyclic) bond motifs is 1. The Bertz CT molecular complexity index is 1710. The Morgan fingerprint density at radius 2 is 2.02 bits per heavy atom. The summed E-state index contributed by atoms with van der Waals surface area (Å²) >= 11 is 2.10. The zero-order valence-electron chi connectivity index (χ0n) is 22.8. The van der Waals surface area contributed by atoms with Crippen LogP contribution in [0.4, 0.5) is 10.8 Å². The van der Waals surface area contributed by atoms with Gasteiger partial charge in [0.15, 0.2) is 15.9 Å². The molecule has 0 fully saturated rings. The van der Waals surface area contributed by atoms with Crippen LogP contribution < -0.4 is 34.9 Å². The number of thioether (sulfide) groups is 1. The van der Waals surface area contributed by atoms with Crippen molar-refractivity contribution >= 4 is 61.6 Å². The number of azo groups is 1. The van der Waals surface area contributed by atoms with Crippen molar-refractivity contribution in [2.45, 2.75) is 36.6 Å². The molecule has 1 atom stereocenters. The predicted octanol–water partition coefficient (Wildman–Crippen LogP) is -0.293. The third-order valence-corrected chi connectivity index (χ3v) is 8.50. The Hall–Kier alpha value is -2.82. The van der Waals surface area contributed by atoms with Crippen molar-refractivity contribution in [2.24, 2.45) is 10.2 Å². The third-order valence-electron chi connectivity index (χ3n) is 5.60. The molecule has 224 valence electrons. The first-order valence-electron chi connectivity index (χ1n) is 12.2. The van der Waals surface area contributed by atoms with Gasteiger partial charge in [-0.25, -0.2) is 18.3 Å². The zero-order chi connectivity index (χ0) is 30.3. The van der Waals surface area contributed by atoms with E-state index in [1.165, 1.54) is 4.63 Å². The molecule has 17 nitrogen and oxygen atoms in total. The summed E-state index contributed by atoms with van der Waals surface area (Å²) in [7, 11) is -4.35. The van der Waals surface area contributed by atoms with Gasteiger partial charge in [0.25, 0.3) is 5.13 Å². The van der Waals surface area contributed by atoms with Crippen molar-refractivity contribution in [3.05, 3.63) is 35.7 Å². The van der Waals surface area contributed by atoms with Crippen molar-refractivity contribution in [1.29, 1.82) is 0 Å². The van der Waals surface area contributed by atoms with E-state index in [9.17, 15) is 22.6 Å². The number of hydrogen-bond donors (Lipinski definition) is 4. The topological polar surface area (TPSA) is 250 Å². The number of aromatic nitrogens is 6. The van der Waals surface area contributed by atoms with Gasteiger partial charge in [-0.2, -0.15) is 4.63 Å². The molecule has 1 unspecified atom stereocenters. The maximum absolute atomic E-state index is 11.9. The van der Waals surface area contributed by atoms with E-state index in [-0.39, 0.29) is 78.0 Å².